The van der Waals surface area contributed by atoms with Gasteiger partial charge in [-0.2, -0.15) is 5.10 Å². The van der Waals surface area contributed by atoms with Crippen LogP contribution in [0.3, 0.4) is 0 Å². The zero-order valence-electron chi connectivity index (χ0n) is 10.6. The van der Waals surface area contributed by atoms with Gasteiger partial charge in [0.15, 0.2) is 6.61 Å². The number of halogens is 2. The van der Waals surface area contributed by atoms with Gasteiger partial charge >= 0.3 is 0 Å². The average molecular weight is 359 g/mol. The van der Waals surface area contributed by atoms with Crippen molar-refractivity contribution in [2.45, 2.75) is 6.54 Å². The Balaban J connectivity index is 1.66. The van der Waals surface area contributed by atoms with Gasteiger partial charge in [0.1, 0.15) is 5.75 Å². The first kappa shape index (κ1) is 14.9. The van der Waals surface area contributed by atoms with Crippen molar-refractivity contribution < 1.29 is 9.53 Å². The van der Waals surface area contributed by atoms with Gasteiger partial charge in [-0.3, -0.25) is 9.48 Å². The summed E-state index contributed by atoms with van der Waals surface area (Å²) >= 11 is 9.07. The number of nitrogens with one attached hydrogen (secondary N) is 1. The molecular formula is C13H13BrClN3O2. The second-order valence-corrected chi connectivity index (χ2v) is 5.37. The van der Waals surface area contributed by atoms with Crippen LogP contribution in [0, 0.1) is 0 Å². The Kier molecular flexibility index (Phi) is 5.43. The standard InChI is InChI=1S/C13H13BrClN3O2/c14-10-7-17-18(8-10)6-5-16-13(19)9-20-12-3-1-11(15)2-4-12/h1-4,7-8H,5-6,9H2,(H,16,19). The topological polar surface area (TPSA) is 56.1 Å². The molecule has 1 N–H and O–H groups in total. The average Bonchev–Trinajstić information content (AvgIpc) is 2.84. The molecule has 0 aliphatic carbocycles. The number of benzene rings is 1. The predicted molar refractivity (Wildman–Crippen MR) is 79.9 cm³/mol. The third-order valence-corrected chi connectivity index (χ3v) is 3.11. The minimum Gasteiger partial charge on any atom is -0.484 e. The monoisotopic (exact) mass is 357 g/mol. The SMILES string of the molecule is O=C(COc1ccc(Cl)cc1)NCCn1cc(Br)cn1. The highest BCUT2D eigenvalue weighted by atomic mass is 79.9. The third kappa shape index (κ3) is 4.86. The van der Waals surface area contributed by atoms with E-state index in [1.165, 1.54) is 0 Å². The van der Waals surface area contributed by atoms with Gasteiger partial charge in [-0.25, -0.2) is 0 Å². The van der Waals surface area contributed by atoms with E-state index in [1.807, 2.05) is 6.20 Å². The van der Waals surface area contributed by atoms with Gasteiger partial charge in [-0.1, -0.05) is 11.6 Å². The second kappa shape index (κ2) is 7.31. The molecule has 2 rings (SSSR count). The van der Waals surface area contributed by atoms with Crippen LogP contribution >= 0.6 is 27.5 Å². The molecule has 0 atom stereocenters. The summed E-state index contributed by atoms with van der Waals surface area (Å²) in [5, 5.41) is 7.48. The molecule has 0 aliphatic rings. The van der Waals surface area contributed by atoms with Gasteiger partial charge in [0.2, 0.25) is 0 Å². The molecule has 1 amide bonds. The van der Waals surface area contributed by atoms with Crippen LogP contribution in [0.5, 0.6) is 5.75 Å². The van der Waals surface area contributed by atoms with E-state index in [2.05, 4.69) is 26.3 Å². The summed E-state index contributed by atoms with van der Waals surface area (Å²) in [6, 6.07) is 6.86. The van der Waals surface area contributed by atoms with Crippen LogP contribution in [-0.4, -0.2) is 28.8 Å². The Morgan fingerprint density at radius 1 is 1.40 bits per heavy atom. The third-order valence-electron chi connectivity index (χ3n) is 2.45. The lowest BCUT2D eigenvalue weighted by Gasteiger charge is -2.07. The lowest BCUT2D eigenvalue weighted by atomic mass is 10.3. The van der Waals surface area contributed by atoms with Crippen molar-refractivity contribution in [3.63, 3.8) is 0 Å². The molecule has 1 aromatic carbocycles. The van der Waals surface area contributed by atoms with Gasteiger partial charge in [0.05, 0.1) is 17.2 Å². The minimum absolute atomic E-state index is 0.0234. The normalized spacial score (nSPS) is 10.3. The maximum absolute atomic E-state index is 11.6. The van der Waals surface area contributed by atoms with E-state index in [0.717, 1.165) is 4.47 Å². The quantitative estimate of drug-likeness (QED) is 0.863. The molecule has 0 fully saturated rings. The fourth-order valence-electron chi connectivity index (χ4n) is 1.50. The molecule has 1 aromatic heterocycles. The number of carbonyl (C=O) groups is 1. The largest absolute Gasteiger partial charge is 0.484 e. The van der Waals surface area contributed by atoms with E-state index in [9.17, 15) is 4.79 Å². The van der Waals surface area contributed by atoms with Gasteiger partial charge in [0.25, 0.3) is 5.91 Å². The Hall–Kier alpha value is -1.53. The number of aromatic nitrogens is 2. The first-order valence-corrected chi connectivity index (χ1v) is 7.13. The van der Waals surface area contributed by atoms with Crippen LogP contribution < -0.4 is 10.1 Å². The smallest absolute Gasteiger partial charge is 0.258 e. The molecule has 0 aliphatic heterocycles. The van der Waals surface area contributed by atoms with E-state index >= 15 is 0 Å². The van der Waals surface area contributed by atoms with Gasteiger partial charge in [-0.15, -0.1) is 0 Å². The Morgan fingerprint density at radius 3 is 2.80 bits per heavy atom. The minimum atomic E-state index is -0.175. The fraction of sp³-hybridized carbons (Fsp3) is 0.231. The van der Waals surface area contributed by atoms with Crippen molar-refractivity contribution in [2.75, 3.05) is 13.2 Å². The van der Waals surface area contributed by atoms with Crippen LogP contribution in [0.1, 0.15) is 0 Å². The van der Waals surface area contributed by atoms with Gasteiger partial charge in [0, 0.05) is 17.8 Å². The highest BCUT2D eigenvalue weighted by molar-refractivity contribution is 9.10. The molecule has 2 aromatic rings. The van der Waals surface area contributed by atoms with Gasteiger partial charge < -0.3 is 10.1 Å². The number of ether oxygens (including phenoxy) is 1. The van der Waals surface area contributed by atoms with Crippen molar-refractivity contribution in [3.8, 4) is 5.75 Å². The molecule has 0 unspecified atom stereocenters. The molecule has 0 radical (unpaired) electrons. The van der Waals surface area contributed by atoms with Gasteiger partial charge in [-0.05, 0) is 40.2 Å². The highest BCUT2D eigenvalue weighted by Gasteiger charge is 2.03. The number of amides is 1. The molecule has 106 valence electrons. The van der Waals surface area contributed by atoms with E-state index < -0.39 is 0 Å². The number of hydrogen-bond donors (Lipinski definition) is 1. The van der Waals surface area contributed by atoms with E-state index in [1.54, 1.807) is 35.1 Å². The van der Waals surface area contributed by atoms with Crippen molar-refractivity contribution in [2.24, 2.45) is 0 Å². The predicted octanol–water partition coefficient (Wildman–Crippen LogP) is 2.49. The maximum Gasteiger partial charge on any atom is 0.258 e. The molecule has 7 heteroatoms. The molecule has 0 saturated carbocycles. The van der Waals surface area contributed by atoms with Crippen LogP contribution in [-0.2, 0) is 11.3 Å². The zero-order valence-corrected chi connectivity index (χ0v) is 12.9. The number of rotatable bonds is 6. The Morgan fingerprint density at radius 2 is 2.15 bits per heavy atom. The summed E-state index contributed by atoms with van der Waals surface area (Å²) in [7, 11) is 0. The number of hydrogen-bond acceptors (Lipinski definition) is 3. The second-order valence-electron chi connectivity index (χ2n) is 4.01. The number of carbonyl (C=O) groups excluding carboxylic acids is 1. The molecule has 5 nitrogen and oxygen atoms in total. The molecule has 0 saturated heterocycles. The molecule has 1 heterocycles. The first-order valence-electron chi connectivity index (χ1n) is 5.96. The summed E-state index contributed by atoms with van der Waals surface area (Å²) in [5.41, 5.74) is 0. The molecular weight excluding hydrogens is 346 g/mol. The summed E-state index contributed by atoms with van der Waals surface area (Å²) < 4.78 is 7.98. The Labute approximate surface area is 130 Å². The van der Waals surface area contributed by atoms with Crippen LogP contribution in [0.2, 0.25) is 5.02 Å². The maximum atomic E-state index is 11.6. The summed E-state index contributed by atoms with van der Waals surface area (Å²) in [4.78, 5) is 11.6. The zero-order chi connectivity index (χ0) is 14.4. The lowest BCUT2D eigenvalue weighted by Crippen LogP contribution is -2.31. The molecule has 0 bridgehead atoms. The van der Waals surface area contributed by atoms with Crippen molar-refractivity contribution >= 4 is 33.4 Å². The van der Waals surface area contributed by atoms with Crippen LogP contribution in [0.4, 0.5) is 0 Å². The summed E-state index contributed by atoms with van der Waals surface area (Å²) in [6.07, 6.45) is 3.54. The first-order chi connectivity index (χ1) is 9.63. The van der Waals surface area contributed by atoms with Crippen molar-refractivity contribution in [1.29, 1.82) is 0 Å². The van der Waals surface area contributed by atoms with Crippen molar-refractivity contribution in [3.05, 3.63) is 46.2 Å². The molecule has 0 spiro atoms. The van der Waals surface area contributed by atoms with E-state index in [0.29, 0.717) is 23.9 Å². The van der Waals surface area contributed by atoms with E-state index in [-0.39, 0.29) is 12.5 Å². The fourth-order valence-corrected chi connectivity index (χ4v) is 1.96. The Bertz CT molecular complexity index is 571. The number of nitrogens with zero attached hydrogens (tertiary/aromatic N) is 2. The summed E-state index contributed by atoms with van der Waals surface area (Å²) in [6.45, 7) is 1.08. The lowest BCUT2D eigenvalue weighted by molar-refractivity contribution is -0.123. The summed E-state index contributed by atoms with van der Waals surface area (Å²) in [5.74, 6) is 0.437. The van der Waals surface area contributed by atoms with Crippen LogP contribution in [0.15, 0.2) is 41.1 Å². The van der Waals surface area contributed by atoms with Crippen LogP contribution in [0.25, 0.3) is 0 Å². The van der Waals surface area contributed by atoms with Crippen molar-refractivity contribution in [1.82, 2.24) is 15.1 Å². The highest BCUT2D eigenvalue weighted by Crippen LogP contribution is 2.15. The molecule has 20 heavy (non-hydrogen) atoms. The van der Waals surface area contributed by atoms with E-state index in [4.69, 9.17) is 16.3 Å².